The summed E-state index contributed by atoms with van der Waals surface area (Å²) in [6, 6.07) is 50.7. The third-order valence-corrected chi connectivity index (χ3v) is 12.6. The zero-order chi connectivity index (χ0) is 37.9. The molecule has 9 heteroatoms. The molecule has 6 aromatic carbocycles. The number of aromatic nitrogens is 4. The Kier molecular flexibility index (Phi) is 8.19. The van der Waals surface area contributed by atoms with Crippen molar-refractivity contribution in [2.45, 2.75) is 15.2 Å². The fourth-order valence-electron chi connectivity index (χ4n) is 8.88. The fraction of sp³-hybridized carbons (Fsp3) is 0.125. The van der Waals surface area contributed by atoms with Crippen LogP contribution in [0.5, 0.6) is 11.5 Å². The normalized spacial score (nSPS) is 13.3. The molecule has 11 rings (SSSR count). The van der Waals surface area contributed by atoms with E-state index in [2.05, 4.69) is 174 Å². The monoisotopic (exact) mass is 939 g/mol. The van der Waals surface area contributed by atoms with Gasteiger partial charge >= 0.3 is 0 Å². The topological polar surface area (TPSA) is 42.3 Å². The molecule has 2 aliphatic rings. The largest absolute Gasteiger partial charge is 0.510 e. The Bertz CT molecular complexity index is 3020. The van der Waals surface area contributed by atoms with Crippen molar-refractivity contribution in [3.63, 3.8) is 0 Å². The van der Waals surface area contributed by atoms with Gasteiger partial charge in [0.05, 0.1) is 18.1 Å². The van der Waals surface area contributed by atoms with Gasteiger partial charge in [-0.1, -0.05) is 65.4 Å². The van der Waals surface area contributed by atoms with Gasteiger partial charge in [-0.05, 0) is 76.7 Å². The van der Waals surface area contributed by atoms with Crippen LogP contribution in [-0.4, -0.2) is 42.3 Å². The molecular formula is C48H36N6OPtS-2. The van der Waals surface area contributed by atoms with Crippen LogP contribution in [0.1, 0.15) is 22.3 Å². The summed E-state index contributed by atoms with van der Waals surface area (Å²) in [5, 5.41) is 2.23. The molecule has 282 valence electrons. The van der Waals surface area contributed by atoms with Crippen LogP contribution in [0, 0.1) is 18.5 Å². The number of imidazole rings is 1. The van der Waals surface area contributed by atoms with Gasteiger partial charge in [0.1, 0.15) is 5.82 Å². The van der Waals surface area contributed by atoms with E-state index in [1.807, 2.05) is 42.2 Å². The van der Waals surface area contributed by atoms with E-state index in [9.17, 15) is 0 Å². The maximum absolute atomic E-state index is 6.75. The average Bonchev–Trinajstić information content (AvgIpc) is 3.74. The van der Waals surface area contributed by atoms with E-state index in [1.165, 1.54) is 26.5 Å². The number of pyridine rings is 1. The summed E-state index contributed by atoms with van der Waals surface area (Å²) in [6.45, 7) is 0. The first-order valence-corrected chi connectivity index (χ1v) is 19.5. The number of benzene rings is 6. The minimum atomic E-state index is -0.651. The Morgan fingerprint density at radius 3 is 2.11 bits per heavy atom. The van der Waals surface area contributed by atoms with Gasteiger partial charge < -0.3 is 28.2 Å². The van der Waals surface area contributed by atoms with Crippen molar-refractivity contribution in [3.05, 3.63) is 168 Å². The molecule has 7 nitrogen and oxygen atoms in total. The van der Waals surface area contributed by atoms with Gasteiger partial charge in [0.2, 0.25) is 6.33 Å². The molecule has 0 atom stereocenters. The second kappa shape index (κ2) is 13.1. The minimum absolute atomic E-state index is 0. The van der Waals surface area contributed by atoms with E-state index in [0.717, 1.165) is 61.3 Å². The molecule has 0 fully saturated rings. The Balaban J connectivity index is 0.00000396. The average molecular weight is 940 g/mol. The summed E-state index contributed by atoms with van der Waals surface area (Å²) < 4.78 is 13.2. The standard InChI is InChI=1S/C48H36N6OS.Pt/c1-50(2)30-16-22-44-38(25-30)48(39-26-31(51(3)4)17-23-45(39)56-44)36-21-19-33(28-43(36)53-29-52(5)41-14-10-12-37(48)47(41)53)55-32-18-20-35-34-11-6-7-13-40(34)54(42(35)27-32)46-15-8-9-24-49-46;/h6-26H,1-5H3;/q-2;. The Labute approximate surface area is 350 Å². The van der Waals surface area contributed by atoms with E-state index in [0.29, 0.717) is 11.5 Å². The van der Waals surface area contributed by atoms with E-state index >= 15 is 0 Å². The number of para-hydroxylation sites is 2. The molecule has 3 aromatic heterocycles. The number of ether oxygens (including phenoxy) is 1. The molecule has 0 amide bonds. The molecule has 2 aliphatic heterocycles. The summed E-state index contributed by atoms with van der Waals surface area (Å²) >= 11 is 1.85. The molecule has 1 spiro atoms. The summed E-state index contributed by atoms with van der Waals surface area (Å²) in [4.78, 5) is 11.6. The Morgan fingerprint density at radius 1 is 0.684 bits per heavy atom. The second-order valence-electron chi connectivity index (χ2n) is 15.0. The number of aryl methyl sites for hydroxylation is 1. The van der Waals surface area contributed by atoms with Gasteiger partial charge in [0.25, 0.3) is 0 Å². The van der Waals surface area contributed by atoms with E-state index in [1.54, 1.807) is 0 Å². The molecule has 0 saturated carbocycles. The van der Waals surface area contributed by atoms with Crippen molar-refractivity contribution in [1.29, 1.82) is 0 Å². The Morgan fingerprint density at radius 2 is 1.39 bits per heavy atom. The van der Waals surface area contributed by atoms with E-state index in [4.69, 9.17) is 9.72 Å². The van der Waals surface area contributed by atoms with Crippen LogP contribution in [0.15, 0.2) is 137 Å². The van der Waals surface area contributed by atoms with Crippen molar-refractivity contribution in [1.82, 2.24) is 14.1 Å². The molecular weight excluding hydrogens is 904 g/mol. The van der Waals surface area contributed by atoms with Crippen molar-refractivity contribution in [2.24, 2.45) is 7.05 Å². The first kappa shape index (κ1) is 35.6. The van der Waals surface area contributed by atoms with Crippen LogP contribution in [0.3, 0.4) is 0 Å². The quantitative estimate of drug-likeness (QED) is 0.127. The van der Waals surface area contributed by atoms with Crippen LogP contribution in [0.2, 0.25) is 0 Å². The number of hydrogen-bond acceptors (Lipinski definition) is 5. The van der Waals surface area contributed by atoms with E-state index in [-0.39, 0.29) is 21.1 Å². The van der Waals surface area contributed by atoms with Gasteiger partial charge in [-0.15, -0.1) is 35.2 Å². The molecule has 0 N–H and O–H groups in total. The number of hydrogen-bond donors (Lipinski definition) is 0. The maximum Gasteiger partial charge on any atom is 0.242 e. The number of fused-ring (bicyclic) bond motifs is 11. The molecule has 57 heavy (non-hydrogen) atoms. The predicted molar refractivity (Wildman–Crippen MR) is 224 cm³/mol. The van der Waals surface area contributed by atoms with Crippen LogP contribution < -0.4 is 19.1 Å². The predicted octanol–water partition coefficient (Wildman–Crippen LogP) is 9.43. The molecule has 0 saturated heterocycles. The van der Waals surface area contributed by atoms with E-state index < -0.39 is 5.41 Å². The zero-order valence-electron chi connectivity index (χ0n) is 31.9. The van der Waals surface area contributed by atoms with Gasteiger partial charge in [-0.2, -0.15) is 12.1 Å². The summed E-state index contributed by atoms with van der Waals surface area (Å²) in [7, 11) is 10.5. The number of rotatable bonds is 5. The summed E-state index contributed by atoms with van der Waals surface area (Å²) in [5.74, 6) is 2.03. The van der Waals surface area contributed by atoms with Crippen LogP contribution in [0.25, 0.3) is 44.3 Å². The van der Waals surface area contributed by atoms with Crippen molar-refractivity contribution in [2.75, 3.05) is 38.0 Å². The second-order valence-corrected chi connectivity index (χ2v) is 16.1. The number of nitrogens with zero attached hydrogens (tertiary/aromatic N) is 6. The third-order valence-electron chi connectivity index (χ3n) is 11.4. The molecule has 0 radical (unpaired) electrons. The van der Waals surface area contributed by atoms with Crippen molar-refractivity contribution < 1.29 is 30.4 Å². The maximum atomic E-state index is 6.75. The minimum Gasteiger partial charge on any atom is -0.510 e. The SMILES string of the molecule is CN(C)c1ccc2c(c1)C1(c3ccc(Oc4[c-]c5c(cc4)c4ccccc4n5-c4ccccn4)[c-]c3-n3[c-][n+](C)c4cccc1c43)c1cc(N(C)C)ccc1S2.[Pt]. The van der Waals surface area contributed by atoms with Crippen LogP contribution in [-0.2, 0) is 33.5 Å². The van der Waals surface area contributed by atoms with Crippen molar-refractivity contribution >= 4 is 56.0 Å². The Hall–Kier alpha value is -5.82. The third kappa shape index (κ3) is 5.10. The molecule has 0 aliphatic carbocycles. The summed E-state index contributed by atoms with van der Waals surface area (Å²) in [5.41, 5.74) is 11.6. The van der Waals surface area contributed by atoms with Crippen LogP contribution in [0.4, 0.5) is 11.4 Å². The molecule has 0 bridgehead atoms. The molecule has 0 unspecified atom stereocenters. The van der Waals surface area contributed by atoms with Gasteiger partial charge in [0.15, 0.2) is 0 Å². The summed E-state index contributed by atoms with van der Waals surface area (Å²) in [6.07, 6.45) is 5.46. The van der Waals surface area contributed by atoms with Crippen molar-refractivity contribution in [3.8, 4) is 23.0 Å². The van der Waals surface area contributed by atoms with Gasteiger partial charge in [-0.3, -0.25) is 0 Å². The first-order chi connectivity index (χ1) is 27.3. The molecule has 5 heterocycles. The first-order valence-electron chi connectivity index (χ1n) is 18.7. The van der Waals surface area contributed by atoms with Crippen LogP contribution >= 0.6 is 11.8 Å². The molecule has 9 aromatic rings. The smallest absolute Gasteiger partial charge is 0.242 e. The van der Waals surface area contributed by atoms with Gasteiger partial charge in [-0.25, -0.2) is 4.98 Å². The zero-order valence-corrected chi connectivity index (χ0v) is 35.0. The number of anilines is 2. The van der Waals surface area contributed by atoms with Gasteiger partial charge in [0, 0.05) is 99.0 Å². The fourth-order valence-corrected chi connectivity index (χ4v) is 10.0.